The molecule has 0 fully saturated rings. The van der Waals surface area contributed by atoms with Gasteiger partial charge in [0, 0.05) is 58.6 Å². The molecule has 7 nitrogen and oxygen atoms in total. The Kier molecular flexibility index (Phi) is 8.26. The van der Waals surface area contributed by atoms with Crippen molar-refractivity contribution >= 4 is 51.8 Å². The molecule has 0 amide bonds. The molecule has 0 atom stereocenters. The lowest BCUT2D eigenvalue weighted by molar-refractivity contribution is 0.460. The number of aromatic nitrogens is 3. The smallest absolute Gasteiger partial charge is 0.204 e. The number of hydrogen-bond acceptors (Lipinski definition) is 3. The van der Waals surface area contributed by atoms with Crippen LogP contribution in [0.25, 0.3) is 0 Å². The maximum Gasteiger partial charge on any atom is 0.204 e. The first-order chi connectivity index (χ1) is 11.3. The minimum Gasteiger partial charge on any atom is -0.352 e. The Labute approximate surface area is 175 Å². The van der Waals surface area contributed by atoms with Crippen LogP contribution in [0.1, 0.15) is 11.4 Å². The number of anilines is 1. The Morgan fingerprint density at radius 3 is 2.44 bits per heavy atom. The largest absolute Gasteiger partial charge is 0.352 e. The quantitative estimate of drug-likeness (QED) is 0.371. The SMILES string of the molecule is CN=C(NCc1cnc(N(C)C)n1C)N(C)Cc1cc(Br)cn1C.I. The summed E-state index contributed by atoms with van der Waals surface area (Å²) < 4.78 is 5.27. The highest BCUT2D eigenvalue weighted by atomic mass is 127. The van der Waals surface area contributed by atoms with Crippen LogP contribution in [0.2, 0.25) is 0 Å². The Bertz CT molecular complexity index is 720. The molecule has 2 heterocycles. The molecular weight excluding hydrogens is 497 g/mol. The van der Waals surface area contributed by atoms with Crippen molar-refractivity contribution in [3.05, 3.63) is 34.3 Å². The summed E-state index contributed by atoms with van der Waals surface area (Å²) in [5.41, 5.74) is 2.32. The van der Waals surface area contributed by atoms with Crippen molar-refractivity contribution in [2.45, 2.75) is 13.1 Å². The van der Waals surface area contributed by atoms with E-state index in [0.29, 0.717) is 6.54 Å². The predicted molar refractivity (Wildman–Crippen MR) is 118 cm³/mol. The van der Waals surface area contributed by atoms with Crippen molar-refractivity contribution in [3.8, 4) is 0 Å². The van der Waals surface area contributed by atoms with Crippen molar-refractivity contribution in [1.29, 1.82) is 0 Å². The molecule has 0 aliphatic carbocycles. The highest BCUT2D eigenvalue weighted by Gasteiger charge is 2.12. The van der Waals surface area contributed by atoms with Gasteiger partial charge in [0.1, 0.15) is 0 Å². The van der Waals surface area contributed by atoms with Gasteiger partial charge in [-0.25, -0.2) is 4.98 Å². The number of halogens is 2. The van der Waals surface area contributed by atoms with Crippen LogP contribution in [0.15, 0.2) is 27.9 Å². The van der Waals surface area contributed by atoms with Gasteiger partial charge in [-0.3, -0.25) is 4.99 Å². The number of nitrogens with zero attached hydrogens (tertiary/aromatic N) is 6. The fourth-order valence-corrected chi connectivity index (χ4v) is 3.18. The van der Waals surface area contributed by atoms with Crippen molar-refractivity contribution in [2.75, 3.05) is 33.1 Å². The Balaban J connectivity index is 0.00000312. The number of imidazole rings is 1. The Hall–Kier alpha value is -1.23. The molecule has 0 saturated heterocycles. The van der Waals surface area contributed by atoms with E-state index < -0.39 is 0 Å². The molecule has 2 aromatic rings. The maximum atomic E-state index is 4.43. The highest BCUT2D eigenvalue weighted by Crippen LogP contribution is 2.15. The zero-order valence-corrected chi connectivity index (χ0v) is 19.5. The van der Waals surface area contributed by atoms with Crippen LogP contribution in [-0.4, -0.2) is 53.2 Å². The first kappa shape index (κ1) is 21.8. The maximum absolute atomic E-state index is 4.43. The van der Waals surface area contributed by atoms with Crippen LogP contribution in [0.5, 0.6) is 0 Å². The first-order valence-electron chi connectivity index (χ1n) is 7.74. The van der Waals surface area contributed by atoms with Gasteiger partial charge in [0.2, 0.25) is 5.95 Å². The second-order valence-corrected chi connectivity index (χ2v) is 6.94. The van der Waals surface area contributed by atoms with E-state index in [1.807, 2.05) is 46.3 Å². The average Bonchev–Trinajstić information content (AvgIpc) is 3.02. The lowest BCUT2D eigenvalue weighted by Crippen LogP contribution is -2.38. The molecule has 2 rings (SSSR count). The van der Waals surface area contributed by atoms with E-state index in [2.05, 4.69) is 57.5 Å². The fraction of sp³-hybridized carbons (Fsp3) is 0.500. The number of nitrogens with one attached hydrogen (secondary N) is 1. The van der Waals surface area contributed by atoms with E-state index in [0.717, 1.165) is 28.6 Å². The van der Waals surface area contributed by atoms with Gasteiger partial charge in [-0.15, -0.1) is 24.0 Å². The Morgan fingerprint density at radius 2 is 1.96 bits per heavy atom. The van der Waals surface area contributed by atoms with E-state index in [9.17, 15) is 0 Å². The van der Waals surface area contributed by atoms with Gasteiger partial charge in [-0.05, 0) is 22.0 Å². The van der Waals surface area contributed by atoms with Crippen molar-refractivity contribution in [2.24, 2.45) is 19.1 Å². The van der Waals surface area contributed by atoms with Crippen LogP contribution in [-0.2, 0) is 27.2 Å². The molecule has 0 radical (unpaired) electrons. The van der Waals surface area contributed by atoms with E-state index in [-0.39, 0.29) is 24.0 Å². The lowest BCUT2D eigenvalue weighted by atomic mass is 10.4. The van der Waals surface area contributed by atoms with E-state index >= 15 is 0 Å². The summed E-state index contributed by atoms with van der Waals surface area (Å²) in [7, 11) is 11.9. The summed E-state index contributed by atoms with van der Waals surface area (Å²) in [6.07, 6.45) is 3.95. The third-order valence-electron chi connectivity index (χ3n) is 3.93. The highest BCUT2D eigenvalue weighted by molar-refractivity contribution is 14.0. The lowest BCUT2D eigenvalue weighted by Gasteiger charge is -2.22. The average molecular weight is 524 g/mol. The summed E-state index contributed by atoms with van der Waals surface area (Å²) in [6.45, 7) is 1.45. The van der Waals surface area contributed by atoms with Crippen LogP contribution in [0.4, 0.5) is 5.95 Å². The van der Waals surface area contributed by atoms with Crippen molar-refractivity contribution in [3.63, 3.8) is 0 Å². The molecule has 0 aliphatic rings. The Morgan fingerprint density at radius 1 is 1.28 bits per heavy atom. The van der Waals surface area contributed by atoms with E-state index in [4.69, 9.17) is 0 Å². The van der Waals surface area contributed by atoms with E-state index in [1.54, 1.807) is 7.05 Å². The second-order valence-electron chi connectivity index (χ2n) is 6.02. The van der Waals surface area contributed by atoms with Crippen molar-refractivity contribution in [1.82, 2.24) is 24.3 Å². The molecule has 0 saturated carbocycles. The standard InChI is InChI=1S/C16H26BrN7.HI/c1-18-15(23(5)11-13-7-12(17)10-22(13)4)19-8-14-9-20-16(21(2)3)24(14)6;/h7,9-10H,8,11H2,1-6H3,(H,18,19);1H. The third kappa shape index (κ3) is 5.37. The third-order valence-corrected chi connectivity index (χ3v) is 4.37. The monoisotopic (exact) mass is 523 g/mol. The molecule has 0 bridgehead atoms. The molecule has 1 N–H and O–H groups in total. The normalized spacial score (nSPS) is 11.2. The number of guanidine groups is 1. The van der Waals surface area contributed by atoms with Crippen LogP contribution < -0.4 is 10.2 Å². The second kappa shape index (κ2) is 9.46. The molecule has 25 heavy (non-hydrogen) atoms. The first-order valence-corrected chi connectivity index (χ1v) is 8.53. The number of rotatable bonds is 5. The molecule has 0 aromatic carbocycles. The molecule has 0 spiro atoms. The topological polar surface area (TPSA) is 53.6 Å². The summed E-state index contributed by atoms with van der Waals surface area (Å²) in [6, 6.07) is 2.12. The minimum atomic E-state index is 0. The van der Waals surface area contributed by atoms with Gasteiger partial charge >= 0.3 is 0 Å². The fourth-order valence-electron chi connectivity index (χ4n) is 2.61. The summed E-state index contributed by atoms with van der Waals surface area (Å²) in [4.78, 5) is 12.9. The van der Waals surface area contributed by atoms with Gasteiger partial charge in [-0.1, -0.05) is 0 Å². The van der Waals surface area contributed by atoms with Crippen LogP contribution >= 0.6 is 39.9 Å². The number of hydrogen-bond donors (Lipinski definition) is 1. The predicted octanol–water partition coefficient (Wildman–Crippen LogP) is 2.41. The van der Waals surface area contributed by atoms with Crippen LogP contribution in [0.3, 0.4) is 0 Å². The molecular formula is C16H27BrIN7. The molecule has 9 heteroatoms. The number of aryl methyl sites for hydroxylation is 1. The number of aliphatic imine (C=N–C) groups is 1. The van der Waals surface area contributed by atoms with E-state index in [1.165, 1.54) is 5.69 Å². The van der Waals surface area contributed by atoms with Crippen molar-refractivity contribution < 1.29 is 0 Å². The molecule has 0 unspecified atom stereocenters. The summed E-state index contributed by atoms with van der Waals surface area (Å²) in [5, 5.41) is 3.40. The summed E-state index contributed by atoms with van der Waals surface area (Å²) >= 11 is 3.51. The van der Waals surface area contributed by atoms with Gasteiger partial charge in [0.25, 0.3) is 0 Å². The molecule has 0 aliphatic heterocycles. The van der Waals surface area contributed by atoms with Gasteiger partial charge in [0.05, 0.1) is 25.0 Å². The molecule has 2 aromatic heterocycles. The van der Waals surface area contributed by atoms with Gasteiger partial charge in [0.15, 0.2) is 5.96 Å². The minimum absolute atomic E-state index is 0. The van der Waals surface area contributed by atoms with Gasteiger partial charge < -0.3 is 24.3 Å². The zero-order valence-electron chi connectivity index (χ0n) is 15.6. The summed E-state index contributed by atoms with van der Waals surface area (Å²) in [5.74, 6) is 1.78. The van der Waals surface area contributed by atoms with Crippen LogP contribution in [0, 0.1) is 0 Å². The zero-order chi connectivity index (χ0) is 17.9. The van der Waals surface area contributed by atoms with Gasteiger partial charge in [-0.2, -0.15) is 0 Å². The molecule has 140 valence electrons.